The highest BCUT2D eigenvalue weighted by Crippen LogP contribution is 2.14. The van der Waals surface area contributed by atoms with Crippen LogP contribution in [0.4, 0.5) is 0 Å². The summed E-state index contributed by atoms with van der Waals surface area (Å²) in [5.74, 6) is -1.32. The maximum Gasteiger partial charge on any atom is 0.322 e. The molecule has 0 aliphatic carbocycles. The van der Waals surface area contributed by atoms with E-state index in [0.717, 1.165) is 6.20 Å². The Morgan fingerprint density at radius 3 is 2.42 bits per heavy atom. The van der Waals surface area contributed by atoms with E-state index in [1.807, 2.05) is 0 Å². The summed E-state index contributed by atoms with van der Waals surface area (Å²) in [5, 5.41) is 8.97. The quantitative estimate of drug-likeness (QED) is 0.788. The Morgan fingerprint density at radius 2 is 2.05 bits per heavy atom. The molecule has 8 heteroatoms. The van der Waals surface area contributed by atoms with Crippen LogP contribution in [-0.4, -0.2) is 37.6 Å². The van der Waals surface area contributed by atoms with Gasteiger partial charge in [-0.25, -0.2) is 13.4 Å². The summed E-state index contributed by atoms with van der Waals surface area (Å²) in [6, 6.07) is 1.50. The number of carbonyl (C=O) groups is 1. The third-order valence-electron chi connectivity index (χ3n) is 2.44. The molecule has 19 heavy (non-hydrogen) atoms. The molecule has 0 aliphatic rings. The van der Waals surface area contributed by atoms with Crippen LogP contribution < -0.4 is 9.46 Å². The number of rotatable bonds is 6. The Labute approximate surface area is 111 Å². The number of carboxylic acid groups (broad SMARTS) is 1. The summed E-state index contributed by atoms with van der Waals surface area (Å²) in [5.41, 5.74) is 0. The van der Waals surface area contributed by atoms with Crippen LogP contribution in [0, 0.1) is 5.92 Å². The van der Waals surface area contributed by atoms with Crippen LogP contribution in [0.25, 0.3) is 0 Å². The van der Waals surface area contributed by atoms with Crippen LogP contribution in [-0.2, 0) is 14.8 Å². The fourth-order valence-electron chi connectivity index (χ4n) is 1.35. The maximum atomic E-state index is 12.0. The molecule has 0 amide bonds. The van der Waals surface area contributed by atoms with Crippen LogP contribution in [0.15, 0.2) is 23.2 Å². The highest BCUT2D eigenvalue weighted by atomic mass is 32.2. The molecule has 0 saturated carbocycles. The van der Waals surface area contributed by atoms with E-state index >= 15 is 0 Å². The lowest BCUT2D eigenvalue weighted by atomic mass is 10.1. The number of hydrogen-bond donors (Lipinski definition) is 2. The van der Waals surface area contributed by atoms with E-state index in [9.17, 15) is 13.2 Å². The average molecular weight is 288 g/mol. The van der Waals surface area contributed by atoms with Crippen molar-refractivity contribution in [3.63, 3.8) is 0 Å². The first kappa shape index (κ1) is 15.4. The van der Waals surface area contributed by atoms with Crippen LogP contribution in [0.2, 0.25) is 0 Å². The number of hydrogen-bond acceptors (Lipinski definition) is 5. The number of ether oxygens (including phenoxy) is 1. The van der Waals surface area contributed by atoms with Gasteiger partial charge in [0.15, 0.2) is 0 Å². The van der Waals surface area contributed by atoms with E-state index < -0.39 is 22.0 Å². The lowest BCUT2D eigenvalue weighted by molar-refractivity contribution is -0.140. The minimum absolute atomic E-state index is 0.111. The number of aromatic nitrogens is 1. The Hall–Kier alpha value is -1.67. The molecule has 1 rings (SSSR count). The third kappa shape index (κ3) is 3.90. The van der Waals surface area contributed by atoms with Gasteiger partial charge >= 0.3 is 5.97 Å². The first-order valence-corrected chi connectivity index (χ1v) is 7.01. The van der Waals surface area contributed by atoms with Crippen molar-refractivity contribution in [1.29, 1.82) is 0 Å². The Morgan fingerprint density at radius 1 is 1.42 bits per heavy atom. The number of pyridine rings is 1. The smallest absolute Gasteiger partial charge is 0.322 e. The van der Waals surface area contributed by atoms with Crippen LogP contribution in [0.1, 0.15) is 13.8 Å². The van der Waals surface area contributed by atoms with E-state index in [0.29, 0.717) is 0 Å². The number of nitrogens with zero attached hydrogens (tertiary/aromatic N) is 1. The van der Waals surface area contributed by atoms with E-state index in [4.69, 9.17) is 9.84 Å². The van der Waals surface area contributed by atoms with Gasteiger partial charge in [-0.3, -0.25) is 4.79 Å². The van der Waals surface area contributed by atoms with Gasteiger partial charge in [0, 0.05) is 6.07 Å². The number of carboxylic acids is 1. The minimum atomic E-state index is -3.92. The second-order valence-electron chi connectivity index (χ2n) is 4.22. The second-order valence-corrected chi connectivity index (χ2v) is 5.93. The van der Waals surface area contributed by atoms with Crippen molar-refractivity contribution in [3.8, 4) is 5.88 Å². The zero-order valence-electron chi connectivity index (χ0n) is 10.8. The molecule has 7 nitrogen and oxygen atoms in total. The predicted octanol–water partition coefficient (Wildman–Crippen LogP) is 0.478. The van der Waals surface area contributed by atoms with Crippen molar-refractivity contribution < 1.29 is 23.1 Å². The minimum Gasteiger partial charge on any atom is -0.481 e. The summed E-state index contributed by atoms with van der Waals surface area (Å²) in [7, 11) is -2.51. The normalized spacial score (nSPS) is 13.3. The molecule has 0 saturated heterocycles. The lowest BCUT2D eigenvalue weighted by Crippen LogP contribution is -2.44. The Kier molecular flexibility index (Phi) is 4.84. The zero-order chi connectivity index (χ0) is 14.6. The fraction of sp³-hybridized carbons (Fsp3) is 0.455. The van der Waals surface area contributed by atoms with Crippen molar-refractivity contribution >= 4 is 16.0 Å². The molecule has 0 radical (unpaired) electrons. The summed E-state index contributed by atoms with van der Waals surface area (Å²) >= 11 is 0. The summed E-state index contributed by atoms with van der Waals surface area (Å²) < 4.78 is 30.9. The first-order chi connectivity index (χ1) is 8.77. The van der Waals surface area contributed by atoms with Gasteiger partial charge < -0.3 is 9.84 Å². The van der Waals surface area contributed by atoms with Crippen LogP contribution in [0.3, 0.4) is 0 Å². The third-order valence-corrected chi connectivity index (χ3v) is 3.87. The van der Waals surface area contributed by atoms with E-state index in [1.54, 1.807) is 13.8 Å². The molecular formula is C11H16N2O5S. The summed E-state index contributed by atoms with van der Waals surface area (Å²) in [6.07, 6.45) is 1.11. The van der Waals surface area contributed by atoms with Gasteiger partial charge in [-0.1, -0.05) is 13.8 Å². The first-order valence-electron chi connectivity index (χ1n) is 5.53. The molecule has 1 heterocycles. The molecular weight excluding hydrogens is 272 g/mol. The van der Waals surface area contributed by atoms with Gasteiger partial charge in [-0.2, -0.15) is 4.72 Å². The monoisotopic (exact) mass is 288 g/mol. The molecule has 0 aromatic carbocycles. The molecule has 0 bridgehead atoms. The SMILES string of the molecule is COc1ccc(S(=O)(=O)NC(C(=O)O)C(C)C)cn1. The van der Waals surface area contributed by atoms with Crippen molar-refractivity contribution in [2.24, 2.45) is 5.92 Å². The molecule has 0 fully saturated rings. The molecule has 106 valence electrons. The van der Waals surface area contributed by atoms with Gasteiger partial charge in [0.1, 0.15) is 10.9 Å². The molecule has 2 N–H and O–H groups in total. The number of methoxy groups -OCH3 is 1. The number of nitrogens with one attached hydrogen (secondary N) is 1. The van der Waals surface area contributed by atoms with Gasteiger partial charge in [-0.05, 0) is 12.0 Å². The molecule has 1 atom stereocenters. The molecule has 1 aromatic rings. The largest absolute Gasteiger partial charge is 0.481 e. The molecule has 0 spiro atoms. The second kappa shape index (κ2) is 5.98. The Balaban J connectivity index is 2.99. The van der Waals surface area contributed by atoms with Gasteiger partial charge in [0.25, 0.3) is 0 Å². The van der Waals surface area contributed by atoms with Crippen molar-refractivity contribution in [2.75, 3.05) is 7.11 Å². The van der Waals surface area contributed by atoms with E-state index in [2.05, 4.69) is 9.71 Å². The average Bonchev–Trinajstić information content (AvgIpc) is 2.35. The highest BCUT2D eigenvalue weighted by Gasteiger charge is 2.28. The van der Waals surface area contributed by atoms with E-state index in [1.165, 1.54) is 19.2 Å². The van der Waals surface area contributed by atoms with E-state index in [-0.39, 0.29) is 16.7 Å². The summed E-state index contributed by atoms with van der Waals surface area (Å²) in [6.45, 7) is 3.24. The number of aliphatic carboxylic acids is 1. The molecule has 1 unspecified atom stereocenters. The standard InChI is InChI=1S/C11H16N2O5S/c1-7(2)10(11(14)15)13-19(16,17)8-4-5-9(18-3)12-6-8/h4-7,10,13H,1-3H3,(H,14,15). The summed E-state index contributed by atoms with van der Waals surface area (Å²) in [4.78, 5) is 14.6. The van der Waals surface area contributed by atoms with Crippen molar-refractivity contribution in [1.82, 2.24) is 9.71 Å². The highest BCUT2D eigenvalue weighted by molar-refractivity contribution is 7.89. The van der Waals surface area contributed by atoms with Gasteiger partial charge in [0.05, 0.1) is 13.3 Å². The predicted molar refractivity (Wildman–Crippen MR) is 67.4 cm³/mol. The van der Waals surface area contributed by atoms with Crippen LogP contribution in [0.5, 0.6) is 5.88 Å². The Bertz CT molecular complexity index is 539. The van der Waals surface area contributed by atoms with Crippen LogP contribution >= 0.6 is 0 Å². The van der Waals surface area contributed by atoms with Gasteiger partial charge in [0.2, 0.25) is 15.9 Å². The molecule has 1 aromatic heterocycles. The maximum absolute atomic E-state index is 12.0. The van der Waals surface area contributed by atoms with Crippen molar-refractivity contribution in [2.45, 2.75) is 24.8 Å². The topological polar surface area (TPSA) is 106 Å². The number of sulfonamides is 1. The zero-order valence-corrected chi connectivity index (χ0v) is 11.6. The van der Waals surface area contributed by atoms with Gasteiger partial charge in [-0.15, -0.1) is 0 Å². The molecule has 0 aliphatic heterocycles. The fourth-order valence-corrected chi connectivity index (χ4v) is 2.64. The lowest BCUT2D eigenvalue weighted by Gasteiger charge is -2.17. The van der Waals surface area contributed by atoms with Crippen molar-refractivity contribution in [3.05, 3.63) is 18.3 Å².